The molecule has 1 aliphatic carbocycles. The number of halogens is 2. The summed E-state index contributed by atoms with van der Waals surface area (Å²) in [5.74, 6) is 2.26. The van der Waals surface area contributed by atoms with Gasteiger partial charge in [0.1, 0.15) is 5.69 Å². The Morgan fingerprint density at radius 3 is 2.67 bits per heavy atom. The van der Waals surface area contributed by atoms with Crippen molar-refractivity contribution in [3.63, 3.8) is 0 Å². The van der Waals surface area contributed by atoms with Gasteiger partial charge in [-0.25, -0.2) is 4.98 Å². The van der Waals surface area contributed by atoms with Crippen LogP contribution in [0.4, 0.5) is 8.78 Å². The lowest BCUT2D eigenvalue weighted by Gasteiger charge is -2.10. The quantitative estimate of drug-likeness (QED) is 0.591. The molecule has 0 saturated heterocycles. The predicted octanol–water partition coefficient (Wildman–Crippen LogP) is 4.95. The summed E-state index contributed by atoms with van der Waals surface area (Å²) >= 11 is 1.73. The van der Waals surface area contributed by atoms with Gasteiger partial charge in [-0.1, -0.05) is 6.92 Å². The lowest BCUT2D eigenvalue weighted by atomic mass is 10.2. The van der Waals surface area contributed by atoms with Crippen molar-refractivity contribution in [2.45, 2.75) is 36.9 Å². The fourth-order valence-electron chi connectivity index (χ4n) is 3.38. The maximum atomic E-state index is 13.3. The highest BCUT2D eigenvalue weighted by atomic mass is 32.2. The van der Waals surface area contributed by atoms with E-state index in [1.54, 1.807) is 11.8 Å². The van der Waals surface area contributed by atoms with Crippen LogP contribution in [0.15, 0.2) is 29.3 Å². The van der Waals surface area contributed by atoms with E-state index >= 15 is 0 Å². The Balaban J connectivity index is 1.62. The zero-order valence-corrected chi connectivity index (χ0v) is 15.6. The number of fused-ring (bicyclic) bond motifs is 2. The summed E-state index contributed by atoms with van der Waals surface area (Å²) in [7, 11) is 1.85. The topological polar surface area (TPSA) is 49.2 Å². The standard InChI is InChI=1S/C19H17F2N3O2S/c1-3-27-16-6-11(10-4-5-10)9-22-17(16)18-23-12-7-14-15(8-13(12)24(18)2)26-19(20,21)25-14/h6-10H,3-5H2,1-2H3. The SMILES string of the molecule is CCSc1cc(C2CC2)cnc1-c1nc2cc3c(cc2n1C)OC(F)(F)O3. The molecule has 1 saturated carbocycles. The number of thioether (sulfide) groups is 1. The van der Waals surface area contributed by atoms with Gasteiger partial charge in [0.15, 0.2) is 17.3 Å². The van der Waals surface area contributed by atoms with Crippen LogP contribution in [-0.4, -0.2) is 26.6 Å². The van der Waals surface area contributed by atoms with Gasteiger partial charge in [0, 0.05) is 30.3 Å². The molecule has 5 nitrogen and oxygen atoms in total. The Labute approximate surface area is 158 Å². The number of aryl methyl sites for hydroxylation is 1. The van der Waals surface area contributed by atoms with Gasteiger partial charge in [0.25, 0.3) is 0 Å². The van der Waals surface area contributed by atoms with Crippen LogP contribution in [0.5, 0.6) is 11.5 Å². The third-order valence-electron chi connectivity index (χ3n) is 4.84. The minimum atomic E-state index is -3.63. The highest BCUT2D eigenvalue weighted by molar-refractivity contribution is 7.99. The van der Waals surface area contributed by atoms with Crippen LogP contribution in [0.2, 0.25) is 0 Å². The second-order valence-corrected chi connectivity index (χ2v) is 8.08. The van der Waals surface area contributed by atoms with E-state index < -0.39 is 6.29 Å². The first-order valence-corrected chi connectivity index (χ1v) is 9.83. The molecular formula is C19H17F2N3O2S. The van der Waals surface area contributed by atoms with Gasteiger partial charge >= 0.3 is 6.29 Å². The molecule has 0 spiro atoms. The third kappa shape index (κ3) is 2.82. The Hall–Kier alpha value is -2.35. The molecule has 3 heterocycles. The summed E-state index contributed by atoms with van der Waals surface area (Å²) in [5, 5.41) is 0. The number of aromatic nitrogens is 3. The number of nitrogens with zero attached hydrogens (tertiary/aromatic N) is 3. The number of pyridine rings is 1. The van der Waals surface area contributed by atoms with Gasteiger partial charge in [0.05, 0.1) is 11.0 Å². The van der Waals surface area contributed by atoms with Crippen LogP contribution in [0, 0.1) is 0 Å². The van der Waals surface area contributed by atoms with Crippen LogP contribution < -0.4 is 9.47 Å². The molecule has 3 aromatic rings. The lowest BCUT2D eigenvalue weighted by molar-refractivity contribution is -0.286. The van der Waals surface area contributed by atoms with Crippen LogP contribution in [0.3, 0.4) is 0 Å². The molecule has 0 atom stereocenters. The molecule has 1 aliphatic heterocycles. The molecule has 2 aliphatic rings. The van der Waals surface area contributed by atoms with E-state index in [9.17, 15) is 8.78 Å². The highest BCUT2D eigenvalue weighted by Crippen LogP contribution is 2.45. The Kier molecular flexibility index (Phi) is 3.62. The van der Waals surface area contributed by atoms with Crippen molar-refractivity contribution in [3.8, 4) is 23.0 Å². The minimum absolute atomic E-state index is 0.00246. The molecule has 5 rings (SSSR count). The third-order valence-corrected chi connectivity index (χ3v) is 5.75. The zero-order chi connectivity index (χ0) is 18.8. The smallest absolute Gasteiger partial charge is 0.395 e. The summed E-state index contributed by atoms with van der Waals surface area (Å²) < 4.78 is 37.6. The van der Waals surface area contributed by atoms with Crippen LogP contribution in [0.1, 0.15) is 31.2 Å². The summed E-state index contributed by atoms with van der Waals surface area (Å²) in [6.45, 7) is 2.10. The normalized spacial score (nSPS) is 17.6. The highest BCUT2D eigenvalue weighted by Gasteiger charge is 2.44. The van der Waals surface area contributed by atoms with Gasteiger partial charge in [-0.2, -0.15) is 0 Å². The zero-order valence-electron chi connectivity index (χ0n) is 14.8. The first kappa shape index (κ1) is 16.8. The average Bonchev–Trinajstić information content (AvgIpc) is 3.36. The molecule has 0 unspecified atom stereocenters. The Morgan fingerprint density at radius 1 is 1.22 bits per heavy atom. The summed E-state index contributed by atoms with van der Waals surface area (Å²) in [6, 6.07) is 5.23. The van der Waals surface area contributed by atoms with E-state index in [-0.39, 0.29) is 11.5 Å². The van der Waals surface area contributed by atoms with E-state index in [0.717, 1.165) is 16.3 Å². The van der Waals surface area contributed by atoms with Crippen molar-refractivity contribution in [2.75, 3.05) is 5.75 Å². The van der Waals surface area contributed by atoms with Crippen molar-refractivity contribution < 1.29 is 18.3 Å². The summed E-state index contributed by atoms with van der Waals surface area (Å²) in [5.41, 5.74) is 3.33. The summed E-state index contributed by atoms with van der Waals surface area (Å²) in [6.07, 6.45) is 0.742. The minimum Gasteiger partial charge on any atom is -0.395 e. The molecule has 140 valence electrons. The lowest BCUT2D eigenvalue weighted by Crippen LogP contribution is -2.25. The van der Waals surface area contributed by atoms with Crippen LogP contribution >= 0.6 is 11.8 Å². The van der Waals surface area contributed by atoms with Crippen molar-refractivity contribution in [2.24, 2.45) is 7.05 Å². The fraction of sp³-hybridized carbons (Fsp3) is 0.368. The van der Waals surface area contributed by atoms with E-state index in [1.165, 1.54) is 30.5 Å². The Morgan fingerprint density at radius 2 is 1.96 bits per heavy atom. The number of hydrogen-bond acceptors (Lipinski definition) is 5. The van der Waals surface area contributed by atoms with Gasteiger partial charge in [-0.05, 0) is 36.1 Å². The van der Waals surface area contributed by atoms with Crippen molar-refractivity contribution in [1.29, 1.82) is 0 Å². The number of imidazole rings is 1. The monoisotopic (exact) mass is 389 g/mol. The second kappa shape index (κ2) is 5.82. The molecule has 1 aromatic carbocycles. The van der Waals surface area contributed by atoms with Gasteiger partial charge in [0.2, 0.25) is 0 Å². The molecule has 0 bridgehead atoms. The van der Waals surface area contributed by atoms with Crippen LogP contribution in [-0.2, 0) is 7.05 Å². The molecule has 0 N–H and O–H groups in total. The van der Waals surface area contributed by atoms with E-state index in [1.807, 2.05) is 17.8 Å². The van der Waals surface area contributed by atoms with E-state index in [2.05, 4.69) is 27.4 Å². The molecule has 2 aromatic heterocycles. The van der Waals surface area contributed by atoms with Crippen LogP contribution in [0.25, 0.3) is 22.6 Å². The number of rotatable bonds is 4. The van der Waals surface area contributed by atoms with Crippen molar-refractivity contribution >= 4 is 22.8 Å². The first-order valence-electron chi connectivity index (χ1n) is 8.84. The summed E-state index contributed by atoms with van der Waals surface area (Å²) in [4.78, 5) is 10.4. The number of ether oxygens (including phenoxy) is 2. The van der Waals surface area contributed by atoms with Gasteiger partial charge in [-0.15, -0.1) is 20.5 Å². The number of hydrogen-bond donors (Lipinski definition) is 0. The second-order valence-electron chi connectivity index (χ2n) is 6.77. The first-order chi connectivity index (χ1) is 12.9. The largest absolute Gasteiger partial charge is 0.586 e. The molecule has 0 amide bonds. The molecule has 1 fully saturated rings. The molecular weight excluding hydrogens is 372 g/mol. The molecule has 8 heteroatoms. The Bertz CT molecular complexity index is 1060. The van der Waals surface area contributed by atoms with E-state index in [4.69, 9.17) is 4.98 Å². The van der Waals surface area contributed by atoms with Crippen molar-refractivity contribution in [3.05, 3.63) is 30.0 Å². The van der Waals surface area contributed by atoms with Gasteiger partial charge in [-0.3, -0.25) is 4.98 Å². The average molecular weight is 389 g/mol. The van der Waals surface area contributed by atoms with Crippen molar-refractivity contribution in [1.82, 2.24) is 14.5 Å². The molecule has 27 heavy (non-hydrogen) atoms. The fourth-order valence-corrected chi connectivity index (χ4v) is 4.19. The molecule has 0 radical (unpaired) electrons. The maximum Gasteiger partial charge on any atom is 0.586 e. The van der Waals surface area contributed by atoms with Gasteiger partial charge < -0.3 is 14.0 Å². The van der Waals surface area contributed by atoms with E-state index in [0.29, 0.717) is 22.8 Å². The maximum absolute atomic E-state index is 13.3. The number of benzene rings is 1. The number of alkyl halides is 2. The predicted molar refractivity (Wildman–Crippen MR) is 98.5 cm³/mol.